The smallest absolute Gasteiger partial charge is 0.208 e. The summed E-state index contributed by atoms with van der Waals surface area (Å²) in [5.41, 5.74) is 0.929. The minimum atomic E-state index is -3.15. The van der Waals surface area contributed by atoms with Crippen LogP contribution in [0.2, 0.25) is 0 Å². The van der Waals surface area contributed by atoms with Gasteiger partial charge in [-0.1, -0.05) is 18.2 Å². The molecule has 1 aromatic heterocycles. The van der Waals surface area contributed by atoms with Crippen LogP contribution < -0.4 is 4.72 Å². The van der Waals surface area contributed by atoms with E-state index in [0.29, 0.717) is 0 Å². The Balaban J connectivity index is 1.69. The van der Waals surface area contributed by atoms with Gasteiger partial charge in [0.15, 0.2) is 5.82 Å². The first kappa shape index (κ1) is 17.0. The van der Waals surface area contributed by atoms with Gasteiger partial charge in [-0.15, -0.1) is 5.10 Å². The van der Waals surface area contributed by atoms with E-state index in [2.05, 4.69) is 32.1 Å². The first-order valence-electron chi connectivity index (χ1n) is 7.99. The van der Waals surface area contributed by atoms with Gasteiger partial charge in [-0.2, -0.15) is 4.68 Å². The zero-order valence-corrected chi connectivity index (χ0v) is 14.6. The summed E-state index contributed by atoms with van der Waals surface area (Å²) in [6, 6.07) is 9.86. The quantitative estimate of drug-likeness (QED) is 0.855. The van der Waals surface area contributed by atoms with Crippen LogP contribution in [0.4, 0.5) is 0 Å². The Kier molecular flexibility index (Phi) is 4.93. The Bertz CT molecular complexity index is 768. The number of nitrogens with zero attached hydrogens (tertiary/aromatic N) is 5. The molecule has 3 rings (SSSR count). The monoisotopic (exact) mass is 350 g/mol. The van der Waals surface area contributed by atoms with Crippen molar-refractivity contribution in [2.75, 3.05) is 19.3 Å². The van der Waals surface area contributed by atoms with Crippen LogP contribution in [0, 0.1) is 0 Å². The van der Waals surface area contributed by atoms with Crippen LogP contribution in [0.5, 0.6) is 0 Å². The number of rotatable bonds is 5. The van der Waals surface area contributed by atoms with Crippen LogP contribution in [-0.4, -0.2) is 58.9 Å². The average Bonchev–Trinajstić information content (AvgIpc) is 3.04. The minimum absolute atomic E-state index is 0.00793. The molecule has 1 N–H and O–H groups in total. The number of tetrazole rings is 1. The fourth-order valence-corrected chi connectivity index (χ4v) is 3.92. The lowest BCUT2D eigenvalue weighted by molar-refractivity contribution is 0.152. The Morgan fingerprint density at radius 1 is 1.21 bits per heavy atom. The van der Waals surface area contributed by atoms with Crippen molar-refractivity contribution in [1.82, 2.24) is 29.8 Å². The maximum atomic E-state index is 11.3. The number of nitrogens with one attached hydrogen (secondary N) is 1. The number of hydrogen-bond donors (Lipinski definition) is 1. The zero-order valence-electron chi connectivity index (χ0n) is 13.8. The fraction of sp³-hybridized carbons (Fsp3) is 0.533. The maximum Gasteiger partial charge on any atom is 0.208 e. The number of benzene rings is 1. The maximum absolute atomic E-state index is 11.3. The summed E-state index contributed by atoms with van der Waals surface area (Å²) in [5, 5.41) is 12.1. The zero-order chi connectivity index (χ0) is 17.2. The molecule has 0 aliphatic carbocycles. The van der Waals surface area contributed by atoms with Gasteiger partial charge in [-0.3, -0.25) is 4.90 Å². The molecule has 2 heterocycles. The van der Waals surface area contributed by atoms with Crippen molar-refractivity contribution in [2.45, 2.75) is 31.8 Å². The summed E-state index contributed by atoms with van der Waals surface area (Å²) in [6.45, 7) is 3.68. The highest BCUT2D eigenvalue weighted by atomic mass is 32.2. The second-order valence-corrected chi connectivity index (χ2v) is 7.94. The number of aromatic nitrogens is 4. The molecule has 1 fully saturated rings. The lowest BCUT2D eigenvalue weighted by atomic mass is 10.0. The first-order valence-corrected chi connectivity index (χ1v) is 9.88. The minimum Gasteiger partial charge on any atom is -0.293 e. The van der Waals surface area contributed by atoms with Crippen molar-refractivity contribution in [1.29, 1.82) is 0 Å². The standard InChI is InChI=1S/C15H22N6O2S/c1-12(20-10-8-13(9-11-20)17-24(2,22)23)15-16-18-19-21(15)14-6-4-3-5-7-14/h3-7,12-13,17H,8-11H2,1-2H3. The summed E-state index contributed by atoms with van der Waals surface area (Å²) >= 11 is 0. The average molecular weight is 350 g/mol. The van der Waals surface area contributed by atoms with Crippen molar-refractivity contribution in [3.8, 4) is 5.69 Å². The van der Waals surface area contributed by atoms with Gasteiger partial charge < -0.3 is 0 Å². The predicted octanol–water partition coefficient (Wildman–Crippen LogP) is 0.737. The van der Waals surface area contributed by atoms with Crippen molar-refractivity contribution < 1.29 is 8.42 Å². The molecule has 9 heteroatoms. The highest BCUT2D eigenvalue weighted by molar-refractivity contribution is 7.88. The van der Waals surface area contributed by atoms with Gasteiger partial charge in [-0.25, -0.2) is 13.1 Å². The summed E-state index contributed by atoms with van der Waals surface area (Å²) in [7, 11) is -3.15. The van der Waals surface area contributed by atoms with E-state index in [0.717, 1.165) is 37.4 Å². The van der Waals surface area contributed by atoms with Crippen molar-refractivity contribution in [3.05, 3.63) is 36.2 Å². The molecular formula is C15H22N6O2S. The molecular weight excluding hydrogens is 328 g/mol. The molecule has 0 amide bonds. The number of sulfonamides is 1. The van der Waals surface area contributed by atoms with Crippen LogP contribution in [0.1, 0.15) is 31.6 Å². The second kappa shape index (κ2) is 6.96. The van der Waals surface area contributed by atoms with E-state index in [1.165, 1.54) is 6.26 Å². The Morgan fingerprint density at radius 3 is 2.50 bits per heavy atom. The fourth-order valence-electron chi connectivity index (χ4n) is 3.08. The molecule has 1 aromatic carbocycles. The lowest BCUT2D eigenvalue weighted by Crippen LogP contribution is -2.45. The number of piperidine rings is 1. The normalized spacial score (nSPS) is 18.6. The number of para-hydroxylation sites is 1. The van der Waals surface area contributed by atoms with E-state index in [4.69, 9.17) is 0 Å². The SMILES string of the molecule is CC(c1nnnn1-c1ccccc1)N1CCC(NS(C)(=O)=O)CC1. The van der Waals surface area contributed by atoms with Gasteiger partial charge in [0.25, 0.3) is 0 Å². The molecule has 1 unspecified atom stereocenters. The van der Waals surface area contributed by atoms with E-state index < -0.39 is 10.0 Å². The van der Waals surface area contributed by atoms with Crippen LogP contribution in [-0.2, 0) is 10.0 Å². The van der Waals surface area contributed by atoms with Crippen molar-refractivity contribution in [3.63, 3.8) is 0 Å². The third-order valence-corrected chi connectivity index (χ3v) is 5.09. The van der Waals surface area contributed by atoms with E-state index in [9.17, 15) is 8.42 Å². The van der Waals surface area contributed by atoms with Gasteiger partial charge in [0.1, 0.15) is 0 Å². The summed E-state index contributed by atoms with van der Waals surface area (Å²) in [5.74, 6) is 0.788. The van der Waals surface area contributed by atoms with Gasteiger partial charge in [-0.05, 0) is 42.3 Å². The third-order valence-electron chi connectivity index (χ3n) is 4.33. The van der Waals surface area contributed by atoms with Crippen molar-refractivity contribution in [2.24, 2.45) is 0 Å². The molecule has 1 aliphatic rings. The summed E-state index contributed by atoms with van der Waals surface area (Å²) < 4.78 is 27.1. The molecule has 0 saturated carbocycles. The van der Waals surface area contributed by atoms with Crippen LogP contribution in [0.25, 0.3) is 5.69 Å². The Hall–Kier alpha value is -1.84. The number of likely N-dealkylation sites (tertiary alicyclic amines) is 1. The molecule has 1 saturated heterocycles. The first-order chi connectivity index (χ1) is 11.4. The van der Waals surface area contributed by atoms with Gasteiger partial charge in [0.2, 0.25) is 10.0 Å². The number of hydrogen-bond acceptors (Lipinski definition) is 6. The van der Waals surface area contributed by atoms with Gasteiger partial charge in [0, 0.05) is 19.1 Å². The van der Waals surface area contributed by atoms with Gasteiger partial charge in [0.05, 0.1) is 18.0 Å². The summed E-state index contributed by atoms with van der Waals surface area (Å²) in [4.78, 5) is 2.28. The van der Waals surface area contributed by atoms with E-state index >= 15 is 0 Å². The highest BCUT2D eigenvalue weighted by Gasteiger charge is 2.28. The summed E-state index contributed by atoms with van der Waals surface area (Å²) in [6.07, 6.45) is 2.77. The molecule has 1 atom stereocenters. The predicted molar refractivity (Wildman–Crippen MR) is 90.1 cm³/mol. The lowest BCUT2D eigenvalue weighted by Gasteiger charge is -2.35. The highest BCUT2D eigenvalue weighted by Crippen LogP contribution is 2.24. The topological polar surface area (TPSA) is 93.0 Å². The van der Waals surface area contributed by atoms with Crippen LogP contribution in [0.15, 0.2) is 30.3 Å². The molecule has 8 nitrogen and oxygen atoms in total. The molecule has 2 aromatic rings. The third kappa shape index (κ3) is 3.97. The van der Waals surface area contributed by atoms with E-state index in [1.807, 2.05) is 30.3 Å². The molecule has 0 bridgehead atoms. The molecule has 130 valence electrons. The Labute approximate surface area is 141 Å². The molecule has 1 aliphatic heterocycles. The molecule has 24 heavy (non-hydrogen) atoms. The Morgan fingerprint density at radius 2 is 1.88 bits per heavy atom. The van der Waals surface area contributed by atoms with Crippen molar-refractivity contribution >= 4 is 10.0 Å². The van der Waals surface area contributed by atoms with Gasteiger partial charge >= 0.3 is 0 Å². The van der Waals surface area contributed by atoms with Crippen LogP contribution in [0.3, 0.4) is 0 Å². The van der Waals surface area contributed by atoms with Crippen LogP contribution >= 0.6 is 0 Å². The molecule has 0 spiro atoms. The largest absolute Gasteiger partial charge is 0.293 e. The van der Waals surface area contributed by atoms with E-state index in [1.54, 1.807) is 4.68 Å². The molecule has 0 radical (unpaired) electrons. The second-order valence-electron chi connectivity index (χ2n) is 6.16. The van der Waals surface area contributed by atoms with E-state index in [-0.39, 0.29) is 12.1 Å².